The lowest BCUT2D eigenvalue weighted by Crippen LogP contribution is -2.49. The van der Waals surface area contributed by atoms with Crippen molar-refractivity contribution < 1.29 is 38.9 Å². The summed E-state index contributed by atoms with van der Waals surface area (Å²) in [5.41, 5.74) is 0.700. The minimum atomic E-state index is -1.22. The molecule has 2 aliphatic carbocycles. The molecule has 6 atom stereocenters. The lowest BCUT2D eigenvalue weighted by Gasteiger charge is -2.49. The maximum atomic E-state index is 14.4. The molecule has 218 valence electrons. The van der Waals surface area contributed by atoms with Crippen molar-refractivity contribution in [3.63, 3.8) is 0 Å². The summed E-state index contributed by atoms with van der Waals surface area (Å²) in [6.45, 7) is 1.58. The Balaban J connectivity index is 1.51. The minimum absolute atomic E-state index is 0.0426. The number of ether oxygens (including phenoxy) is 1. The number of aromatic hydroxyl groups is 1. The molecular formula is C31H29IN2O8. The Labute approximate surface area is 255 Å². The smallest absolute Gasteiger partial charge is 0.305 e. The van der Waals surface area contributed by atoms with E-state index in [0.717, 1.165) is 10.5 Å². The van der Waals surface area contributed by atoms with Crippen molar-refractivity contribution in [3.8, 4) is 11.5 Å². The maximum Gasteiger partial charge on any atom is 0.305 e. The molecule has 2 heterocycles. The first kappa shape index (κ1) is 28.4. The number of para-hydroxylation sites is 1. The predicted molar refractivity (Wildman–Crippen MR) is 157 cm³/mol. The van der Waals surface area contributed by atoms with E-state index in [0.29, 0.717) is 14.8 Å². The van der Waals surface area contributed by atoms with Crippen LogP contribution in [0.15, 0.2) is 54.1 Å². The number of carboxylic acids is 1. The molecule has 2 aromatic rings. The Hall–Kier alpha value is -3.74. The second kappa shape index (κ2) is 10.2. The van der Waals surface area contributed by atoms with E-state index in [-0.39, 0.29) is 49.1 Å². The number of phenolic OH excluding ortho intramolecular Hbond substituents is 1. The van der Waals surface area contributed by atoms with Gasteiger partial charge in [-0.15, -0.1) is 0 Å². The number of aliphatic carboxylic acids is 1. The number of hydrogen-bond acceptors (Lipinski definition) is 7. The average molecular weight is 684 g/mol. The van der Waals surface area contributed by atoms with Gasteiger partial charge in [-0.2, -0.15) is 0 Å². The quantitative estimate of drug-likeness (QED) is 0.267. The minimum Gasteiger partial charge on any atom is -0.504 e. The molecule has 0 aromatic heterocycles. The molecule has 2 saturated heterocycles. The Morgan fingerprint density at radius 1 is 1.07 bits per heavy atom. The number of carbonyl (C=O) groups is 5. The molecule has 6 rings (SSSR count). The van der Waals surface area contributed by atoms with Gasteiger partial charge in [-0.3, -0.25) is 28.9 Å². The van der Waals surface area contributed by atoms with Crippen molar-refractivity contribution in [1.29, 1.82) is 0 Å². The number of fused-ring (bicyclic) bond motifs is 4. The van der Waals surface area contributed by atoms with Gasteiger partial charge in [0.05, 0.1) is 46.0 Å². The number of methoxy groups -OCH3 is 1. The summed E-state index contributed by atoms with van der Waals surface area (Å²) in [7, 11) is 1.43. The molecule has 0 spiro atoms. The van der Waals surface area contributed by atoms with E-state index in [4.69, 9.17) is 4.74 Å². The molecule has 2 aromatic carbocycles. The zero-order chi connectivity index (χ0) is 30.1. The number of hydrogen-bond donors (Lipinski definition) is 2. The summed E-state index contributed by atoms with van der Waals surface area (Å²) in [4.78, 5) is 69.1. The number of rotatable bonds is 6. The third-order valence-corrected chi connectivity index (χ3v) is 10.4. The van der Waals surface area contributed by atoms with Crippen LogP contribution in [0, 0.1) is 32.7 Å². The van der Waals surface area contributed by atoms with E-state index >= 15 is 0 Å². The van der Waals surface area contributed by atoms with Crippen LogP contribution in [0.4, 0.5) is 5.69 Å². The number of carboxylic acid groups (broad SMARTS) is 1. The van der Waals surface area contributed by atoms with E-state index in [2.05, 4.69) is 0 Å². The van der Waals surface area contributed by atoms with Gasteiger partial charge in [0.25, 0.3) is 0 Å². The zero-order valence-corrected chi connectivity index (χ0v) is 25.1. The number of anilines is 1. The van der Waals surface area contributed by atoms with Crippen molar-refractivity contribution in [1.82, 2.24) is 4.90 Å². The van der Waals surface area contributed by atoms with Crippen molar-refractivity contribution in [2.45, 2.75) is 32.1 Å². The van der Waals surface area contributed by atoms with Crippen LogP contribution >= 0.6 is 22.6 Å². The predicted octanol–water partition coefficient (Wildman–Crippen LogP) is 3.71. The van der Waals surface area contributed by atoms with Gasteiger partial charge < -0.3 is 14.9 Å². The Morgan fingerprint density at radius 3 is 2.45 bits per heavy atom. The van der Waals surface area contributed by atoms with Crippen LogP contribution in [0.25, 0.3) is 0 Å². The van der Waals surface area contributed by atoms with E-state index in [1.54, 1.807) is 49.4 Å². The number of benzene rings is 2. The fraction of sp³-hybridized carbons (Fsp3) is 0.387. The van der Waals surface area contributed by atoms with E-state index in [1.807, 2.05) is 28.7 Å². The molecule has 1 saturated carbocycles. The second-order valence-corrected chi connectivity index (χ2v) is 12.7. The molecule has 10 nitrogen and oxygen atoms in total. The highest BCUT2D eigenvalue weighted by Crippen LogP contribution is 2.64. The van der Waals surface area contributed by atoms with Crippen LogP contribution in [-0.2, 0) is 24.0 Å². The molecule has 0 radical (unpaired) electrons. The lowest BCUT2D eigenvalue weighted by atomic mass is 9.51. The van der Waals surface area contributed by atoms with Gasteiger partial charge in [-0.05, 0) is 78.1 Å². The van der Waals surface area contributed by atoms with Crippen LogP contribution in [0.2, 0.25) is 0 Å². The number of allylic oxidation sites excluding steroid dienone is 2. The monoisotopic (exact) mass is 684 g/mol. The molecule has 4 aliphatic rings. The van der Waals surface area contributed by atoms with Crippen LogP contribution in [-0.4, -0.2) is 58.4 Å². The lowest BCUT2D eigenvalue weighted by molar-refractivity contribution is -0.142. The number of carbonyl (C=O) groups excluding carboxylic acids is 4. The van der Waals surface area contributed by atoms with Gasteiger partial charge in [-0.25, -0.2) is 4.90 Å². The average Bonchev–Trinajstić information content (AvgIpc) is 3.33. The van der Waals surface area contributed by atoms with Crippen LogP contribution in [0.3, 0.4) is 0 Å². The number of imide groups is 2. The molecule has 11 heteroatoms. The van der Waals surface area contributed by atoms with Crippen molar-refractivity contribution in [2.75, 3.05) is 18.6 Å². The third-order valence-electron chi connectivity index (χ3n) is 9.53. The highest BCUT2D eigenvalue weighted by Gasteiger charge is 2.67. The summed E-state index contributed by atoms with van der Waals surface area (Å²) in [5, 5.41) is 19.8. The van der Waals surface area contributed by atoms with Gasteiger partial charge in [-0.1, -0.05) is 29.8 Å². The first-order valence-electron chi connectivity index (χ1n) is 13.8. The molecule has 4 amide bonds. The van der Waals surface area contributed by atoms with Gasteiger partial charge in [0.2, 0.25) is 23.6 Å². The SMILES string of the molecule is COc1cc([C@H]2C3=CC[C@@H]4C(=O)N(CCC(=O)O)C(=O)[C@@H]4[C@@H]3C[C@H]3C(=O)N(c4ccccc4)C(=O)[C@@]23C)cc(I)c1O. The van der Waals surface area contributed by atoms with Gasteiger partial charge in [0.1, 0.15) is 0 Å². The largest absolute Gasteiger partial charge is 0.504 e. The van der Waals surface area contributed by atoms with Gasteiger partial charge >= 0.3 is 5.97 Å². The van der Waals surface area contributed by atoms with Crippen molar-refractivity contribution in [2.24, 2.45) is 29.1 Å². The highest BCUT2D eigenvalue weighted by atomic mass is 127. The first-order chi connectivity index (χ1) is 20.0. The fourth-order valence-corrected chi connectivity index (χ4v) is 8.25. The van der Waals surface area contributed by atoms with E-state index in [1.165, 1.54) is 12.0 Å². The maximum absolute atomic E-state index is 14.4. The van der Waals surface area contributed by atoms with Crippen LogP contribution in [0.5, 0.6) is 11.5 Å². The summed E-state index contributed by atoms with van der Waals surface area (Å²) in [6, 6.07) is 12.2. The summed E-state index contributed by atoms with van der Waals surface area (Å²) >= 11 is 1.99. The van der Waals surface area contributed by atoms with E-state index in [9.17, 15) is 34.2 Å². The molecule has 2 aliphatic heterocycles. The summed E-state index contributed by atoms with van der Waals surface area (Å²) in [5.74, 6) is -5.83. The molecule has 2 N–H and O–H groups in total. The standard InChI is InChI=1S/C31H29IN2O8/c1-31-20(28(39)34(30(31)41)16-6-4-3-5-7-16)14-19-17(25(31)15-12-21(32)26(37)22(13-15)42-2)8-9-18-24(19)29(40)33(27(18)38)11-10-23(35)36/h3-8,12-13,18-20,24-25,37H,9-11,14H2,1-2H3,(H,35,36)/t18-,19+,20-,24-,25-,31+/m0/s1. The number of phenols is 1. The van der Waals surface area contributed by atoms with Crippen molar-refractivity contribution in [3.05, 3.63) is 63.2 Å². The third kappa shape index (κ3) is 3.99. The van der Waals surface area contributed by atoms with Crippen LogP contribution < -0.4 is 9.64 Å². The molecule has 0 bridgehead atoms. The first-order valence-corrected chi connectivity index (χ1v) is 14.8. The highest BCUT2D eigenvalue weighted by molar-refractivity contribution is 14.1. The van der Waals surface area contributed by atoms with Crippen molar-refractivity contribution >= 4 is 57.9 Å². The Morgan fingerprint density at radius 2 is 1.79 bits per heavy atom. The molecular weight excluding hydrogens is 655 g/mol. The number of halogens is 1. The number of likely N-dealkylation sites (tertiary alicyclic amines) is 1. The summed E-state index contributed by atoms with van der Waals surface area (Å²) in [6.07, 6.45) is 2.04. The molecule has 0 unspecified atom stereocenters. The topological polar surface area (TPSA) is 142 Å². The summed E-state index contributed by atoms with van der Waals surface area (Å²) < 4.78 is 5.95. The fourth-order valence-electron chi connectivity index (χ4n) is 7.63. The number of amides is 4. The van der Waals surface area contributed by atoms with Gasteiger partial charge in [0.15, 0.2) is 11.5 Å². The van der Waals surface area contributed by atoms with E-state index < -0.39 is 52.8 Å². The van der Waals surface area contributed by atoms with Gasteiger partial charge in [0, 0.05) is 12.5 Å². The second-order valence-electron chi connectivity index (χ2n) is 11.5. The Kier molecular flexibility index (Phi) is 6.90. The normalized spacial score (nSPS) is 30.2. The van der Waals surface area contributed by atoms with Crippen LogP contribution in [0.1, 0.15) is 37.7 Å². The zero-order valence-electron chi connectivity index (χ0n) is 23.0. The molecule has 42 heavy (non-hydrogen) atoms. The molecule has 3 fully saturated rings. The Bertz CT molecular complexity index is 1570. The number of nitrogens with zero attached hydrogens (tertiary/aromatic N) is 2.